The average Bonchev–Trinajstić information content (AvgIpc) is 2.39. The predicted octanol–water partition coefficient (Wildman–Crippen LogP) is 1.19. The van der Waals surface area contributed by atoms with E-state index in [1.165, 1.54) is 0 Å². The third-order valence-electron chi connectivity index (χ3n) is 2.64. The van der Waals surface area contributed by atoms with Crippen LogP contribution in [0.1, 0.15) is 12.5 Å². The van der Waals surface area contributed by atoms with Gasteiger partial charge in [0.15, 0.2) is 0 Å². The van der Waals surface area contributed by atoms with Gasteiger partial charge < -0.3 is 19.9 Å². The van der Waals surface area contributed by atoms with Crippen LogP contribution in [0.3, 0.4) is 0 Å². The zero-order chi connectivity index (χ0) is 13.2. The van der Waals surface area contributed by atoms with E-state index in [1.54, 1.807) is 7.11 Å². The summed E-state index contributed by atoms with van der Waals surface area (Å²) < 4.78 is 10.5. The summed E-state index contributed by atoms with van der Waals surface area (Å²) in [5.41, 5.74) is 1.12. The van der Waals surface area contributed by atoms with E-state index in [1.807, 2.05) is 37.3 Å². The van der Waals surface area contributed by atoms with Crippen LogP contribution >= 0.6 is 0 Å². The third-order valence-corrected chi connectivity index (χ3v) is 2.64. The summed E-state index contributed by atoms with van der Waals surface area (Å²) in [5, 5.41) is 12.8. The van der Waals surface area contributed by atoms with Crippen molar-refractivity contribution in [1.82, 2.24) is 5.32 Å². The number of nitrogens with one attached hydrogen (secondary N) is 1. The fraction of sp³-hybridized carbons (Fsp3) is 0.571. The van der Waals surface area contributed by atoms with E-state index in [0.29, 0.717) is 19.8 Å². The average molecular weight is 253 g/mol. The van der Waals surface area contributed by atoms with Gasteiger partial charge in [-0.05, 0) is 12.5 Å². The van der Waals surface area contributed by atoms with Gasteiger partial charge in [-0.25, -0.2) is 0 Å². The van der Waals surface area contributed by atoms with Gasteiger partial charge in [0.1, 0.15) is 0 Å². The van der Waals surface area contributed by atoms with Gasteiger partial charge in [-0.2, -0.15) is 0 Å². The summed E-state index contributed by atoms with van der Waals surface area (Å²) in [4.78, 5) is 0. The van der Waals surface area contributed by atoms with Gasteiger partial charge >= 0.3 is 0 Å². The molecule has 0 radical (unpaired) electrons. The molecule has 1 aromatic carbocycles. The smallest absolute Gasteiger partial charge is 0.0897 e. The van der Waals surface area contributed by atoms with Crippen molar-refractivity contribution in [2.24, 2.45) is 0 Å². The molecule has 1 aromatic rings. The largest absolute Gasteiger partial charge is 0.389 e. The molecule has 2 atom stereocenters. The molecule has 18 heavy (non-hydrogen) atoms. The van der Waals surface area contributed by atoms with Crippen LogP contribution in [0.15, 0.2) is 30.3 Å². The number of aliphatic hydroxyl groups excluding tert-OH is 1. The molecule has 0 aromatic heterocycles. The maximum atomic E-state index is 9.68. The molecule has 2 unspecified atom stereocenters. The Bertz CT molecular complexity index is 305. The molecule has 0 saturated heterocycles. The molecule has 0 spiro atoms. The molecule has 0 aliphatic heterocycles. The van der Waals surface area contributed by atoms with Crippen LogP contribution < -0.4 is 5.32 Å². The molecule has 2 N–H and O–H groups in total. The van der Waals surface area contributed by atoms with Crippen LogP contribution in [0.5, 0.6) is 0 Å². The van der Waals surface area contributed by atoms with Crippen molar-refractivity contribution in [3.05, 3.63) is 35.9 Å². The number of ether oxygens (including phenoxy) is 2. The summed E-state index contributed by atoms with van der Waals surface area (Å²) in [6.07, 6.45) is -0.333. The van der Waals surface area contributed by atoms with Crippen LogP contribution in [0.4, 0.5) is 0 Å². The Kier molecular flexibility index (Phi) is 7.60. The minimum atomic E-state index is -0.488. The number of aliphatic hydroxyl groups is 1. The van der Waals surface area contributed by atoms with E-state index in [4.69, 9.17) is 9.47 Å². The second-order valence-electron chi connectivity index (χ2n) is 4.36. The van der Waals surface area contributed by atoms with E-state index in [2.05, 4.69) is 5.32 Å². The quantitative estimate of drug-likeness (QED) is 0.694. The Morgan fingerprint density at radius 3 is 2.61 bits per heavy atom. The van der Waals surface area contributed by atoms with Crippen LogP contribution in [0.2, 0.25) is 0 Å². The molecule has 0 fully saturated rings. The molecular weight excluding hydrogens is 230 g/mol. The molecule has 4 nitrogen and oxygen atoms in total. The second-order valence-corrected chi connectivity index (χ2v) is 4.36. The van der Waals surface area contributed by atoms with Crippen molar-refractivity contribution in [3.63, 3.8) is 0 Å². The Labute approximate surface area is 109 Å². The number of methoxy groups -OCH3 is 1. The minimum Gasteiger partial charge on any atom is -0.389 e. The molecule has 0 saturated carbocycles. The topological polar surface area (TPSA) is 50.7 Å². The number of rotatable bonds is 9. The first-order valence-corrected chi connectivity index (χ1v) is 6.25. The van der Waals surface area contributed by atoms with Gasteiger partial charge in [-0.3, -0.25) is 0 Å². The van der Waals surface area contributed by atoms with Crippen LogP contribution in [-0.4, -0.2) is 44.1 Å². The first-order chi connectivity index (χ1) is 8.72. The van der Waals surface area contributed by atoms with E-state index >= 15 is 0 Å². The summed E-state index contributed by atoms with van der Waals surface area (Å²) >= 11 is 0. The zero-order valence-electron chi connectivity index (χ0n) is 11.1. The maximum absolute atomic E-state index is 9.68. The lowest BCUT2D eigenvalue weighted by Gasteiger charge is -2.14. The third kappa shape index (κ3) is 6.71. The van der Waals surface area contributed by atoms with Crippen molar-refractivity contribution in [2.45, 2.75) is 25.7 Å². The Morgan fingerprint density at radius 1 is 1.22 bits per heavy atom. The Balaban J connectivity index is 2.05. The van der Waals surface area contributed by atoms with Gasteiger partial charge in [-0.1, -0.05) is 30.3 Å². The van der Waals surface area contributed by atoms with Gasteiger partial charge in [0.05, 0.1) is 25.4 Å². The monoisotopic (exact) mass is 253 g/mol. The SMILES string of the molecule is COC(C)CNCC(O)COCc1ccccc1. The Hall–Kier alpha value is -0.940. The normalized spacial score (nSPS) is 14.4. The molecule has 4 heteroatoms. The minimum absolute atomic E-state index is 0.155. The van der Waals surface area contributed by atoms with Crippen molar-refractivity contribution in [1.29, 1.82) is 0 Å². The number of hydrogen-bond acceptors (Lipinski definition) is 4. The van der Waals surface area contributed by atoms with Gasteiger partial charge in [-0.15, -0.1) is 0 Å². The van der Waals surface area contributed by atoms with E-state index < -0.39 is 6.10 Å². The van der Waals surface area contributed by atoms with E-state index in [0.717, 1.165) is 12.1 Å². The summed E-state index contributed by atoms with van der Waals surface area (Å²) in [6, 6.07) is 9.93. The molecule has 0 amide bonds. The van der Waals surface area contributed by atoms with Crippen molar-refractivity contribution in [2.75, 3.05) is 26.8 Å². The van der Waals surface area contributed by atoms with Crippen molar-refractivity contribution >= 4 is 0 Å². The highest BCUT2D eigenvalue weighted by Gasteiger charge is 2.05. The van der Waals surface area contributed by atoms with Crippen LogP contribution in [0.25, 0.3) is 0 Å². The molecule has 0 aliphatic rings. The highest BCUT2D eigenvalue weighted by Crippen LogP contribution is 2.00. The lowest BCUT2D eigenvalue weighted by molar-refractivity contribution is 0.0266. The summed E-state index contributed by atoms with van der Waals surface area (Å²) in [6.45, 7) is 4.09. The van der Waals surface area contributed by atoms with Gasteiger partial charge in [0, 0.05) is 20.2 Å². The molecule has 102 valence electrons. The van der Waals surface area contributed by atoms with Crippen LogP contribution in [0, 0.1) is 0 Å². The number of benzene rings is 1. The fourth-order valence-corrected chi connectivity index (χ4v) is 1.48. The highest BCUT2D eigenvalue weighted by molar-refractivity contribution is 5.13. The first kappa shape index (κ1) is 15.1. The standard InChI is InChI=1S/C14H23NO3/c1-12(17-2)8-15-9-14(16)11-18-10-13-6-4-3-5-7-13/h3-7,12,14-16H,8-11H2,1-2H3. The Morgan fingerprint density at radius 2 is 1.94 bits per heavy atom. The molecule has 0 bridgehead atoms. The zero-order valence-corrected chi connectivity index (χ0v) is 11.1. The lowest BCUT2D eigenvalue weighted by atomic mass is 10.2. The summed E-state index contributed by atoms with van der Waals surface area (Å²) in [5.74, 6) is 0. The van der Waals surface area contributed by atoms with E-state index in [9.17, 15) is 5.11 Å². The summed E-state index contributed by atoms with van der Waals surface area (Å²) in [7, 11) is 1.67. The van der Waals surface area contributed by atoms with Crippen molar-refractivity contribution in [3.8, 4) is 0 Å². The second kappa shape index (κ2) is 9.05. The predicted molar refractivity (Wildman–Crippen MR) is 71.4 cm³/mol. The van der Waals surface area contributed by atoms with E-state index in [-0.39, 0.29) is 6.10 Å². The molecule has 0 aliphatic carbocycles. The number of hydrogen-bond donors (Lipinski definition) is 2. The van der Waals surface area contributed by atoms with Gasteiger partial charge in [0.25, 0.3) is 0 Å². The van der Waals surface area contributed by atoms with Crippen molar-refractivity contribution < 1.29 is 14.6 Å². The highest BCUT2D eigenvalue weighted by atomic mass is 16.5. The molecule has 0 heterocycles. The molecular formula is C14H23NO3. The van der Waals surface area contributed by atoms with Gasteiger partial charge in [0.2, 0.25) is 0 Å². The first-order valence-electron chi connectivity index (χ1n) is 6.25. The lowest BCUT2D eigenvalue weighted by Crippen LogP contribution is -2.34. The maximum Gasteiger partial charge on any atom is 0.0897 e. The molecule has 1 rings (SSSR count). The van der Waals surface area contributed by atoms with Crippen LogP contribution in [-0.2, 0) is 16.1 Å². The fourth-order valence-electron chi connectivity index (χ4n) is 1.48.